The fraction of sp³-hybridized carbons (Fsp3) is 0.133. The molecule has 0 aliphatic heterocycles. The maximum absolute atomic E-state index is 12.5. The van der Waals surface area contributed by atoms with Crippen LogP contribution >= 0.6 is 11.6 Å². The minimum Gasteiger partial charge on any atom is -0.369 e. The van der Waals surface area contributed by atoms with Gasteiger partial charge in [0, 0.05) is 24.8 Å². The number of H-pyrrole nitrogens is 1. The molecule has 3 rings (SSSR count). The van der Waals surface area contributed by atoms with E-state index < -0.39 is 10.0 Å². The Hall–Kier alpha value is -3.07. The number of nitrogens with zero attached hydrogens (tertiary/aromatic N) is 5. The van der Waals surface area contributed by atoms with Crippen LogP contribution in [-0.2, 0) is 10.0 Å². The summed E-state index contributed by atoms with van der Waals surface area (Å²) in [4.78, 5) is 4.07. The largest absolute Gasteiger partial charge is 0.369 e. The summed E-state index contributed by atoms with van der Waals surface area (Å²) in [5.74, 6) is 0.740. The number of aromatic nitrogens is 5. The van der Waals surface area contributed by atoms with Crippen LogP contribution in [0.15, 0.2) is 41.4 Å². The number of hydrogen-bond acceptors (Lipinski definition) is 8. The third kappa shape index (κ3) is 4.56. The van der Waals surface area contributed by atoms with E-state index in [4.69, 9.17) is 16.9 Å². The van der Waals surface area contributed by atoms with Gasteiger partial charge in [-0.15, -0.1) is 10.2 Å². The number of aromatic amines is 1. The van der Waals surface area contributed by atoms with Crippen molar-refractivity contribution in [3.63, 3.8) is 0 Å². The van der Waals surface area contributed by atoms with Crippen LogP contribution in [0.4, 0.5) is 5.82 Å². The molecule has 2 heterocycles. The number of anilines is 1. The number of pyridine rings is 1. The molecule has 12 heteroatoms. The van der Waals surface area contributed by atoms with Gasteiger partial charge in [-0.25, -0.2) is 18.1 Å². The van der Waals surface area contributed by atoms with Gasteiger partial charge in [-0.05, 0) is 35.5 Å². The second-order valence-electron chi connectivity index (χ2n) is 5.25. The lowest BCUT2D eigenvalue weighted by Crippen LogP contribution is -2.29. The van der Waals surface area contributed by atoms with E-state index in [9.17, 15) is 8.42 Å². The standard InChI is InChI=1S/C15H13ClN8O2S/c16-13-3-2-11(7-12(13)15-21-23-24-22-15)27(25,26)20-6-5-18-14-4-1-10(8-17)9-19-14/h1-4,7,9,20H,5-6H2,(H,18,19)(H,21,22,23,24). The number of nitriles is 1. The molecule has 0 aliphatic rings. The summed E-state index contributed by atoms with van der Waals surface area (Å²) in [6.07, 6.45) is 1.43. The van der Waals surface area contributed by atoms with Gasteiger partial charge in [-0.1, -0.05) is 11.6 Å². The van der Waals surface area contributed by atoms with Crippen LogP contribution in [0.25, 0.3) is 11.4 Å². The minimum atomic E-state index is -3.75. The summed E-state index contributed by atoms with van der Waals surface area (Å²) in [6, 6.07) is 9.46. The molecule has 0 amide bonds. The highest BCUT2D eigenvalue weighted by Gasteiger charge is 2.17. The minimum absolute atomic E-state index is 0.0307. The van der Waals surface area contributed by atoms with Crippen molar-refractivity contribution in [3.8, 4) is 17.5 Å². The van der Waals surface area contributed by atoms with Crippen molar-refractivity contribution in [2.24, 2.45) is 0 Å². The van der Waals surface area contributed by atoms with Gasteiger partial charge in [0.15, 0.2) is 0 Å². The van der Waals surface area contributed by atoms with Crippen molar-refractivity contribution in [2.45, 2.75) is 4.90 Å². The molecule has 0 atom stereocenters. The summed E-state index contributed by atoms with van der Waals surface area (Å²) in [6.45, 7) is 0.438. The molecule has 0 unspecified atom stereocenters. The van der Waals surface area contributed by atoms with Gasteiger partial charge >= 0.3 is 0 Å². The lowest BCUT2D eigenvalue weighted by molar-refractivity contribution is 0.583. The molecular weight excluding hydrogens is 392 g/mol. The van der Waals surface area contributed by atoms with Crippen LogP contribution in [0.2, 0.25) is 5.02 Å². The van der Waals surface area contributed by atoms with Gasteiger partial charge in [0.1, 0.15) is 11.9 Å². The molecule has 10 nitrogen and oxygen atoms in total. The van der Waals surface area contributed by atoms with E-state index in [1.807, 2.05) is 6.07 Å². The topological polar surface area (TPSA) is 149 Å². The summed E-state index contributed by atoms with van der Waals surface area (Å²) < 4.78 is 27.4. The molecule has 0 saturated carbocycles. The fourth-order valence-electron chi connectivity index (χ4n) is 2.14. The van der Waals surface area contributed by atoms with Crippen LogP contribution in [0.5, 0.6) is 0 Å². The van der Waals surface area contributed by atoms with Gasteiger partial charge in [-0.3, -0.25) is 0 Å². The van der Waals surface area contributed by atoms with E-state index in [0.717, 1.165) is 0 Å². The SMILES string of the molecule is N#Cc1ccc(NCCNS(=O)(=O)c2ccc(Cl)c(-c3nn[nH]n3)c2)nc1. The molecule has 0 radical (unpaired) electrons. The van der Waals surface area contributed by atoms with Gasteiger partial charge in [0.2, 0.25) is 15.8 Å². The number of hydrogen-bond donors (Lipinski definition) is 3. The van der Waals surface area contributed by atoms with Crippen LogP contribution in [-0.4, -0.2) is 47.1 Å². The predicted molar refractivity (Wildman–Crippen MR) is 97.3 cm³/mol. The zero-order valence-electron chi connectivity index (χ0n) is 13.7. The van der Waals surface area contributed by atoms with Crippen LogP contribution in [0.3, 0.4) is 0 Å². The second kappa shape index (κ2) is 8.09. The van der Waals surface area contributed by atoms with Crippen molar-refractivity contribution in [3.05, 3.63) is 47.1 Å². The van der Waals surface area contributed by atoms with E-state index >= 15 is 0 Å². The maximum atomic E-state index is 12.5. The van der Waals surface area contributed by atoms with Gasteiger partial charge in [0.25, 0.3) is 0 Å². The van der Waals surface area contributed by atoms with E-state index in [1.54, 1.807) is 12.1 Å². The zero-order valence-corrected chi connectivity index (χ0v) is 15.3. The first-order valence-electron chi connectivity index (χ1n) is 7.62. The number of rotatable bonds is 7. The highest BCUT2D eigenvalue weighted by Crippen LogP contribution is 2.27. The lowest BCUT2D eigenvalue weighted by Gasteiger charge is -2.09. The second-order valence-corrected chi connectivity index (χ2v) is 7.42. The Labute approximate surface area is 159 Å². The number of halogens is 1. The number of nitrogens with one attached hydrogen (secondary N) is 3. The molecule has 3 aromatic rings. The molecule has 0 bridgehead atoms. The average Bonchev–Trinajstić information content (AvgIpc) is 3.20. The van der Waals surface area contributed by atoms with Crippen LogP contribution < -0.4 is 10.0 Å². The molecule has 2 aromatic heterocycles. The van der Waals surface area contributed by atoms with Crippen LogP contribution in [0, 0.1) is 11.3 Å². The number of benzene rings is 1. The Kier molecular flexibility index (Phi) is 5.60. The van der Waals surface area contributed by atoms with Crippen molar-refractivity contribution in [1.82, 2.24) is 30.3 Å². The lowest BCUT2D eigenvalue weighted by atomic mass is 10.2. The zero-order chi connectivity index (χ0) is 19.3. The van der Waals surface area contributed by atoms with Gasteiger partial charge < -0.3 is 5.32 Å². The predicted octanol–water partition coefficient (Wildman–Crippen LogP) is 1.18. The highest BCUT2D eigenvalue weighted by atomic mass is 35.5. The quantitative estimate of drug-likeness (QED) is 0.497. The molecule has 0 spiro atoms. The van der Waals surface area contributed by atoms with Crippen molar-refractivity contribution >= 4 is 27.4 Å². The number of sulfonamides is 1. The van der Waals surface area contributed by atoms with E-state index in [2.05, 4.69) is 35.6 Å². The van der Waals surface area contributed by atoms with Gasteiger partial charge in [0.05, 0.1) is 15.5 Å². The summed E-state index contributed by atoms with van der Waals surface area (Å²) in [5.41, 5.74) is 0.801. The van der Waals surface area contributed by atoms with Crippen molar-refractivity contribution in [1.29, 1.82) is 5.26 Å². The van der Waals surface area contributed by atoms with E-state index in [0.29, 0.717) is 28.5 Å². The Morgan fingerprint density at radius 2 is 2.07 bits per heavy atom. The molecular formula is C15H13ClN8O2S. The Morgan fingerprint density at radius 1 is 1.22 bits per heavy atom. The maximum Gasteiger partial charge on any atom is 0.240 e. The van der Waals surface area contributed by atoms with Gasteiger partial charge in [-0.2, -0.15) is 10.5 Å². The summed E-state index contributed by atoms with van der Waals surface area (Å²) in [5, 5.41) is 25.3. The van der Waals surface area contributed by atoms with Crippen molar-refractivity contribution in [2.75, 3.05) is 18.4 Å². The fourth-order valence-corrected chi connectivity index (χ4v) is 3.40. The highest BCUT2D eigenvalue weighted by molar-refractivity contribution is 7.89. The average molecular weight is 405 g/mol. The normalized spacial score (nSPS) is 11.1. The molecule has 138 valence electrons. The Bertz CT molecular complexity index is 1060. The van der Waals surface area contributed by atoms with E-state index in [1.165, 1.54) is 24.4 Å². The van der Waals surface area contributed by atoms with Crippen LogP contribution in [0.1, 0.15) is 5.56 Å². The first-order valence-corrected chi connectivity index (χ1v) is 9.49. The third-order valence-corrected chi connectivity index (χ3v) is 5.24. The molecule has 0 saturated heterocycles. The molecule has 3 N–H and O–H groups in total. The van der Waals surface area contributed by atoms with E-state index in [-0.39, 0.29) is 17.3 Å². The molecule has 0 fully saturated rings. The molecule has 1 aromatic carbocycles. The first kappa shape index (κ1) is 18.7. The smallest absolute Gasteiger partial charge is 0.240 e. The molecule has 27 heavy (non-hydrogen) atoms. The molecule has 0 aliphatic carbocycles. The Balaban J connectivity index is 1.63. The summed E-state index contributed by atoms with van der Waals surface area (Å²) >= 11 is 6.08. The third-order valence-electron chi connectivity index (χ3n) is 3.45. The number of tetrazole rings is 1. The monoisotopic (exact) mass is 404 g/mol. The van der Waals surface area contributed by atoms with Crippen molar-refractivity contribution < 1.29 is 8.42 Å². The first-order chi connectivity index (χ1) is 13.0. The Morgan fingerprint density at radius 3 is 2.74 bits per heavy atom. The summed E-state index contributed by atoms with van der Waals surface area (Å²) in [7, 11) is -3.75.